The average Bonchev–Trinajstić information content (AvgIpc) is 3.02. The first kappa shape index (κ1) is 17.2. The van der Waals surface area contributed by atoms with Gasteiger partial charge in [0, 0.05) is 20.1 Å². The van der Waals surface area contributed by atoms with Gasteiger partial charge in [-0.15, -0.1) is 0 Å². The zero-order valence-corrected chi connectivity index (χ0v) is 14.8. The fourth-order valence-corrected chi connectivity index (χ4v) is 3.07. The van der Waals surface area contributed by atoms with Crippen molar-refractivity contribution in [2.75, 3.05) is 19.6 Å². The number of benzene rings is 1. The lowest BCUT2D eigenvalue weighted by Gasteiger charge is -2.26. The van der Waals surface area contributed by atoms with Gasteiger partial charge in [-0.3, -0.25) is 14.3 Å². The molecule has 1 fully saturated rings. The Bertz CT molecular complexity index is 758. The number of hydrogen-bond acceptors (Lipinski definition) is 3. The first-order valence-corrected chi connectivity index (χ1v) is 8.71. The summed E-state index contributed by atoms with van der Waals surface area (Å²) >= 11 is 0. The van der Waals surface area contributed by atoms with Crippen molar-refractivity contribution in [1.82, 2.24) is 20.0 Å². The summed E-state index contributed by atoms with van der Waals surface area (Å²) in [6, 6.07) is 9.83. The molecule has 0 aliphatic carbocycles. The minimum atomic E-state index is -0.320. The Morgan fingerprint density at radius 2 is 1.80 bits per heavy atom. The summed E-state index contributed by atoms with van der Waals surface area (Å²) in [5.41, 5.74) is 3.38. The topological polar surface area (TPSA) is 67.2 Å². The third kappa shape index (κ3) is 4.07. The molecule has 1 aliphatic rings. The molecule has 3 rings (SSSR count). The number of likely N-dealkylation sites (tertiary alicyclic amines) is 1. The zero-order valence-electron chi connectivity index (χ0n) is 14.8. The molecule has 1 saturated heterocycles. The molecule has 1 aromatic carbocycles. The lowest BCUT2D eigenvalue weighted by atomic mass is 10.1. The molecular weight excluding hydrogens is 316 g/mol. The highest BCUT2D eigenvalue weighted by Gasteiger charge is 2.19. The van der Waals surface area contributed by atoms with Crippen LogP contribution in [0, 0.1) is 6.92 Å². The Balaban J connectivity index is 1.63. The van der Waals surface area contributed by atoms with Gasteiger partial charge in [-0.05, 0) is 37.8 Å². The van der Waals surface area contributed by atoms with E-state index < -0.39 is 0 Å². The normalized spacial score (nSPS) is 14.4. The van der Waals surface area contributed by atoms with Crippen molar-refractivity contribution in [1.29, 1.82) is 0 Å². The van der Waals surface area contributed by atoms with E-state index in [-0.39, 0.29) is 18.4 Å². The summed E-state index contributed by atoms with van der Waals surface area (Å²) in [4.78, 5) is 26.3. The van der Waals surface area contributed by atoms with Gasteiger partial charge < -0.3 is 10.2 Å². The number of nitrogens with one attached hydrogen (secondary N) is 1. The maximum Gasteiger partial charge on any atom is 0.272 e. The molecule has 2 aromatic rings. The van der Waals surface area contributed by atoms with Crippen LogP contribution in [-0.4, -0.2) is 46.1 Å². The van der Waals surface area contributed by atoms with Crippen molar-refractivity contribution < 1.29 is 9.59 Å². The smallest absolute Gasteiger partial charge is 0.272 e. The van der Waals surface area contributed by atoms with Gasteiger partial charge in [0.15, 0.2) is 5.69 Å². The number of aryl methyl sites for hydroxylation is 2. The van der Waals surface area contributed by atoms with E-state index >= 15 is 0 Å². The van der Waals surface area contributed by atoms with Crippen LogP contribution >= 0.6 is 0 Å². The number of amides is 2. The molecule has 0 atom stereocenters. The summed E-state index contributed by atoms with van der Waals surface area (Å²) < 4.78 is 1.69. The van der Waals surface area contributed by atoms with Gasteiger partial charge in [0.1, 0.15) is 0 Å². The summed E-state index contributed by atoms with van der Waals surface area (Å²) in [6.45, 7) is 3.63. The van der Waals surface area contributed by atoms with E-state index in [1.54, 1.807) is 10.7 Å². The van der Waals surface area contributed by atoms with Gasteiger partial charge in [-0.2, -0.15) is 5.10 Å². The maximum absolute atomic E-state index is 12.3. The molecule has 2 amide bonds. The van der Waals surface area contributed by atoms with Crippen molar-refractivity contribution in [2.24, 2.45) is 7.05 Å². The Morgan fingerprint density at radius 3 is 2.48 bits per heavy atom. The minimum Gasteiger partial charge on any atom is -0.342 e. The average molecular weight is 340 g/mol. The quantitative estimate of drug-likeness (QED) is 0.927. The molecule has 132 valence electrons. The molecule has 0 unspecified atom stereocenters. The Hall–Kier alpha value is -2.63. The van der Waals surface area contributed by atoms with Crippen molar-refractivity contribution in [3.63, 3.8) is 0 Å². The number of nitrogens with zero attached hydrogens (tertiary/aromatic N) is 3. The molecule has 6 heteroatoms. The van der Waals surface area contributed by atoms with E-state index in [1.165, 1.54) is 12.0 Å². The summed E-state index contributed by atoms with van der Waals surface area (Å²) in [5.74, 6) is -0.345. The fourth-order valence-electron chi connectivity index (χ4n) is 3.07. The van der Waals surface area contributed by atoms with Gasteiger partial charge >= 0.3 is 0 Å². The Kier molecular flexibility index (Phi) is 5.16. The molecule has 25 heavy (non-hydrogen) atoms. The van der Waals surface area contributed by atoms with Crippen LogP contribution in [0.25, 0.3) is 11.3 Å². The second kappa shape index (κ2) is 7.51. The standard InChI is InChI=1S/C19H24N4O2/c1-14-6-8-15(9-7-14)17-12-16(21-22(17)2)19(25)20-13-18(24)23-10-4-3-5-11-23/h6-9,12H,3-5,10-11,13H2,1-2H3,(H,20,25). The van der Waals surface area contributed by atoms with Gasteiger partial charge in [-0.25, -0.2) is 0 Å². The van der Waals surface area contributed by atoms with E-state index in [0.29, 0.717) is 5.69 Å². The molecular formula is C19H24N4O2. The van der Waals surface area contributed by atoms with Crippen LogP contribution in [0.1, 0.15) is 35.3 Å². The van der Waals surface area contributed by atoms with Crippen molar-refractivity contribution in [3.8, 4) is 11.3 Å². The molecule has 2 heterocycles. The monoisotopic (exact) mass is 340 g/mol. The summed E-state index contributed by atoms with van der Waals surface area (Å²) in [5, 5.41) is 6.97. The molecule has 1 aliphatic heterocycles. The Labute approximate surface area is 147 Å². The highest BCUT2D eigenvalue weighted by atomic mass is 16.2. The third-order valence-corrected chi connectivity index (χ3v) is 4.57. The molecule has 1 aromatic heterocycles. The number of piperidine rings is 1. The number of carbonyl (C=O) groups excluding carboxylic acids is 2. The lowest BCUT2D eigenvalue weighted by Crippen LogP contribution is -2.42. The molecule has 0 radical (unpaired) electrons. The SMILES string of the molecule is Cc1ccc(-c2cc(C(=O)NCC(=O)N3CCCCC3)nn2C)cc1. The van der Waals surface area contributed by atoms with Gasteiger partial charge in [0.2, 0.25) is 5.91 Å². The zero-order chi connectivity index (χ0) is 17.8. The molecule has 0 spiro atoms. The first-order chi connectivity index (χ1) is 12.0. The van der Waals surface area contributed by atoms with Crippen LogP contribution < -0.4 is 5.32 Å². The lowest BCUT2D eigenvalue weighted by molar-refractivity contribution is -0.130. The van der Waals surface area contributed by atoms with Gasteiger partial charge in [-0.1, -0.05) is 29.8 Å². The predicted octanol–water partition coefficient (Wildman–Crippen LogP) is 2.14. The fraction of sp³-hybridized carbons (Fsp3) is 0.421. The molecule has 1 N–H and O–H groups in total. The minimum absolute atomic E-state index is 0.0231. The number of rotatable bonds is 4. The van der Waals surface area contributed by atoms with Crippen LogP contribution in [0.15, 0.2) is 30.3 Å². The molecule has 0 saturated carbocycles. The van der Waals surface area contributed by atoms with Crippen LogP contribution in [0.4, 0.5) is 0 Å². The van der Waals surface area contributed by atoms with E-state index in [0.717, 1.165) is 37.2 Å². The van der Waals surface area contributed by atoms with Crippen LogP contribution in [-0.2, 0) is 11.8 Å². The number of hydrogen-bond donors (Lipinski definition) is 1. The van der Waals surface area contributed by atoms with E-state index in [2.05, 4.69) is 10.4 Å². The Morgan fingerprint density at radius 1 is 1.12 bits per heavy atom. The second-order valence-corrected chi connectivity index (χ2v) is 6.53. The highest BCUT2D eigenvalue weighted by molar-refractivity contribution is 5.95. The van der Waals surface area contributed by atoms with Crippen molar-refractivity contribution in [3.05, 3.63) is 41.6 Å². The predicted molar refractivity (Wildman–Crippen MR) is 96.1 cm³/mol. The highest BCUT2D eigenvalue weighted by Crippen LogP contribution is 2.20. The van der Waals surface area contributed by atoms with Crippen LogP contribution in [0.2, 0.25) is 0 Å². The van der Waals surface area contributed by atoms with Crippen LogP contribution in [0.3, 0.4) is 0 Å². The van der Waals surface area contributed by atoms with Crippen molar-refractivity contribution >= 4 is 11.8 Å². The largest absolute Gasteiger partial charge is 0.342 e. The van der Waals surface area contributed by atoms with Crippen molar-refractivity contribution in [2.45, 2.75) is 26.2 Å². The van der Waals surface area contributed by atoms with Gasteiger partial charge in [0.05, 0.1) is 12.2 Å². The molecule has 6 nitrogen and oxygen atoms in total. The third-order valence-electron chi connectivity index (χ3n) is 4.57. The summed E-state index contributed by atoms with van der Waals surface area (Å²) in [7, 11) is 1.81. The van der Waals surface area contributed by atoms with E-state index in [1.807, 2.05) is 43.1 Å². The van der Waals surface area contributed by atoms with Crippen LogP contribution in [0.5, 0.6) is 0 Å². The van der Waals surface area contributed by atoms with E-state index in [9.17, 15) is 9.59 Å². The van der Waals surface area contributed by atoms with Gasteiger partial charge in [0.25, 0.3) is 5.91 Å². The molecule has 0 bridgehead atoms. The number of aromatic nitrogens is 2. The maximum atomic E-state index is 12.3. The van der Waals surface area contributed by atoms with E-state index in [4.69, 9.17) is 0 Å². The number of carbonyl (C=O) groups is 2. The second-order valence-electron chi connectivity index (χ2n) is 6.53. The first-order valence-electron chi connectivity index (χ1n) is 8.71. The summed E-state index contributed by atoms with van der Waals surface area (Å²) in [6.07, 6.45) is 3.26.